The van der Waals surface area contributed by atoms with Crippen LogP contribution in [0.4, 0.5) is 0 Å². The predicted octanol–water partition coefficient (Wildman–Crippen LogP) is 2.69. The van der Waals surface area contributed by atoms with Crippen LogP contribution in [0.15, 0.2) is 24.3 Å². The number of carbonyl (C=O) groups excluding carboxylic acids is 1. The summed E-state index contributed by atoms with van der Waals surface area (Å²) in [7, 11) is 1.89. The first-order valence-electron chi connectivity index (χ1n) is 7.31. The summed E-state index contributed by atoms with van der Waals surface area (Å²) in [6.07, 6.45) is 3.35. The highest BCUT2D eigenvalue weighted by molar-refractivity contribution is 6.31. The average Bonchev–Trinajstić information content (AvgIpc) is 3.14. The van der Waals surface area contributed by atoms with Crippen molar-refractivity contribution in [2.24, 2.45) is 11.3 Å². The summed E-state index contributed by atoms with van der Waals surface area (Å²) in [5, 5.41) is 4.11. The van der Waals surface area contributed by atoms with Gasteiger partial charge in [0.05, 0.1) is 0 Å². The molecule has 1 saturated carbocycles. The van der Waals surface area contributed by atoms with Crippen molar-refractivity contribution in [3.8, 4) is 0 Å². The summed E-state index contributed by atoms with van der Waals surface area (Å²) in [5.41, 5.74) is 1.32. The number of hydrogen-bond donors (Lipinski definition) is 1. The van der Waals surface area contributed by atoms with Gasteiger partial charge in [0.1, 0.15) is 0 Å². The van der Waals surface area contributed by atoms with Crippen LogP contribution in [0.1, 0.15) is 24.8 Å². The third-order valence-corrected chi connectivity index (χ3v) is 5.20. The molecule has 3 nitrogen and oxygen atoms in total. The van der Waals surface area contributed by atoms with Gasteiger partial charge in [-0.25, -0.2) is 0 Å². The van der Waals surface area contributed by atoms with E-state index in [-0.39, 0.29) is 11.8 Å². The van der Waals surface area contributed by atoms with E-state index in [0.29, 0.717) is 12.0 Å². The molecule has 2 aliphatic rings. The van der Waals surface area contributed by atoms with Crippen LogP contribution in [-0.4, -0.2) is 30.9 Å². The SMILES string of the molecule is CN(Cc1ccccc1Cl)C(=O)C1CC12CCNCC2. The van der Waals surface area contributed by atoms with Crippen molar-refractivity contribution in [1.29, 1.82) is 0 Å². The third kappa shape index (κ3) is 2.57. The van der Waals surface area contributed by atoms with Crippen LogP contribution < -0.4 is 5.32 Å². The van der Waals surface area contributed by atoms with Crippen molar-refractivity contribution in [3.05, 3.63) is 34.9 Å². The molecule has 1 N–H and O–H groups in total. The number of piperidine rings is 1. The number of hydrogen-bond acceptors (Lipinski definition) is 2. The van der Waals surface area contributed by atoms with Gasteiger partial charge < -0.3 is 10.2 Å². The van der Waals surface area contributed by atoms with Crippen molar-refractivity contribution < 1.29 is 4.79 Å². The second kappa shape index (κ2) is 5.38. The molecule has 1 heterocycles. The Morgan fingerprint density at radius 2 is 2.10 bits per heavy atom. The van der Waals surface area contributed by atoms with Crippen molar-refractivity contribution in [2.45, 2.75) is 25.8 Å². The second-order valence-electron chi connectivity index (χ2n) is 6.15. The van der Waals surface area contributed by atoms with Crippen molar-refractivity contribution in [3.63, 3.8) is 0 Å². The topological polar surface area (TPSA) is 32.3 Å². The first-order valence-corrected chi connectivity index (χ1v) is 7.69. The number of halogens is 1. The standard InChI is InChI=1S/C16H21ClN2O/c1-19(11-12-4-2-3-5-14(12)17)15(20)13-10-16(13)6-8-18-9-7-16/h2-5,13,18H,6-11H2,1H3. The Hall–Kier alpha value is -1.06. The molecule has 1 amide bonds. The Bertz CT molecular complexity index is 511. The smallest absolute Gasteiger partial charge is 0.226 e. The fourth-order valence-corrected chi connectivity index (χ4v) is 3.60. The maximum Gasteiger partial charge on any atom is 0.226 e. The maximum atomic E-state index is 12.6. The molecular formula is C16H21ClN2O. The van der Waals surface area contributed by atoms with Gasteiger partial charge in [0.15, 0.2) is 0 Å². The van der Waals surface area contributed by atoms with Gasteiger partial charge in [-0.15, -0.1) is 0 Å². The van der Waals surface area contributed by atoms with Crippen LogP contribution >= 0.6 is 11.6 Å². The van der Waals surface area contributed by atoms with Crippen LogP contribution in [0.2, 0.25) is 5.02 Å². The highest BCUT2D eigenvalue weighted by Crippen LogP contribution is 2.59. The number of amides is 1. The maximum absolute atomic E-state index is 12.6. The summed E-state index contributed by atoms with van der Waals surface area (Å²) < 4.78 is 0. The molecule has 20 heavy (non-hydrogen) atoms. The highest BCUT2D eigenvalue weighted by Gasteiger charge is 2.58. The summed E-state index contributed by atoms with van der Waals surface area (Å²) in [6.45, 7) is 2.71. The van der Waals surface area contributed by atoms with Gasteiger partial charge in [-0.2, -0.15) is 0 Å². The summed E-state index contributed by atoms with van der Waals surface area (Å²) in [4.78, 5) is 14.4. The molecule has 4 heteroatoms. The van der Waals surface area contributed by atoms with E-state index >= 15 is 0 Å². The molecule has 0 aromatic heterocycles. The Kier molecular flexibility index (Phi) is 3.74. The van der Waals surface area contributed by atoms with Crippen molar-refractivity contribution in [2.75, 3.05) is 20.1 Å². The minimum Gasteiger partial charge on any atom is -0.341 e. The zero-order valence-corrected chi connectivity index (χ0v) is 12.6. The van der Waals surface area contributed by atoms with Gasteiger partial charge in [0, 0.05) is 24.5 Å². The molecule has 1 atom stereocenters. The molecule has 0 bridgehead atoms. The van der Waals surface area contributed by atoms with E-state index in [9.17, 15) is 4.79 Å². The van der Waals surface area contributed by atoms with Crippen LogP contribution in [0, 0.1) is 11.3 Å². The predicted molar refractivity (Wildman–Crippen MR) is 80.6 cm³/mol. The minimum atomic E-state index is 0.233. The molecule has 2 fully saturated rings. The lowest BCUT2D eigenvalue weighted by Gasteiger charge is -2.25. The average molecular weight is 293 g/mol. The van der Waals surface area contributed by atoms with Gasteiger partial charge >= 0.3 is 0 Å². The lowest BCUT2D eigenvalue weighted by molar-refractivity contribution is -0.132. The van der Waals surface area contributed by atoms with E-state index in [1.54, 1.807) is 0 Å². The van der Waals surface area contributed by atoms with Gasteiger partial charge in [-0.3, -0.25) is 4.79 Å². The molecule has 3 rings (SSSR count). The van der Waals surface area contributed by atoms with E-state index in [1.807, 2.05) is 36.2 Å². The van der Waals surface area contributed by atoms with Crippen molar-refractivity contribution in [1.82, 2.24) is 10.2 Å². The molecule has 1 aromatic rings. The van der Waals surface area contributed by atoms with Crippen LogP contribution in [-0.2, 0) is 11.3 Å². The van der Waals surface area contributed by atoms with Crippen LogP contribution in [0.25, 0.3) is 0 Å². The molecule has 1 spiro atoms. The first-order chi connectivity index (χ1) is 9.62. The van der Waals surface area contributed by atoms with E-state index < -0.39 is 0 Å². The molecule has 1 unspecified atom stereocenters. The summed E-state index contributed by atoms with van der Waals surface area (Å²) >= 11 is 6.16. The number of nitrogens with one attached hydrogen (secondary N) is 1. The molecule has 108 valence electrons. The van der Waals surface area contributed by atoms with Gasteiger partial charge in [0.2, 0.25) is 5.91 Å². The minimum absolute atomic E-state index is 0.233. The largest absolute Gasteiger partial charge is 0.341 e. The Balaban J connectivity index is 1.62. The molecule has 1 aromatic carbocycles. The lowest BCUT2D eigenvalue weighted by Crippen LogP contribution is -2.34. The molecule has 1 saturated heterocycles. The molecule has 1 aliphatic heterocycles. The number of carbonyl (C=O) groups is 1. The molecule has 0 radical (unpaired) electrons. The number of rotatable bonds is 3. The Labute approximate surface area is 125 Å². The van der Waals surface area contributed by atoms with E-state index in [0.717, 1.165) is 42.9 Å². The van der Waals surface area contributed by atoms with E-state index in [1.165, 1.54) is 0 Å². The summed E-state index contributed by atoms with van der Waals surface area (Å²) in [5.74, 6) is 0.518. The zero-order valence-electron chi connectivity index (χ0n) is 11.9. The first kappa shape index (κ1) is 13.9. The Morgan fingerprint density at radius 3 is 2.80 bits per heavy atom. The number of nitrogens with zero attached hydrogens (tertiary/aromatic N) is 1. The normalized spacial score (nSPS) is 23.6. The van der Waals surface area contributed by atoms with E-state index in [2.05, 4.69) is 5.32 Å². The van der Waals surface area contributed by atoms with E-state index in [4.69, 9.17) is 11.6 Å². The second-order valence-corrected chi connectivity index (χ2v) is 6.56. The van der Waals surface area contributed by atoms with Crippen LogP contribution in [0.5, 0.6) is 0 Å². The fraction of sp³-hybridized carbons (Fsp3) is 0.562. The van der Waals surface area contributed by atoms with Crippen molar-refractivity contribution >= 4 is 17.5 Å². The fourth-order valence-electron chi connectivity index (χ4n) is 3.40. The summed E-state index contributed by atoms with van der Waals surface area (Å²) in [6, 6.07) is 7.74. The van der Waals surface area contributed by atoms with Crippen LogP contribution in [0.3, 0.4) is 0 Å². The van der Waals surface area contributed by atoms with Gasteiger partial charge in [-0.1, -0.05) is 29.8 Å². The molecule has 1 aliphatic carbocycles. The zero-order chi connectivity index (χ0) is 14.2. The third-order valence-electron chi connectivity index (χ3n) is 4.83. The Morgan fingerprint density at radius 1 is 1.40 bits per heavy atom. The van der Waals surface area contributed by atoms with Gasteiger partial charge in [0.25, 0.3) is 0 Å². The monoisotopic (exact) mass is 292 g/mol. The highest BCUT2D eigenvalue weighted by atomic mass is 35.5. The van der Waals surface area contributed by atoms with Gasteiger partial charge in [-0.05, 0) is 49.4 Å². The molecular weight excluding hydrogens is 272 g/mol. The number of benzene rings is 1. The lowest BCUT2D eigenvalue weighted by atomic mass is 9.91. The quantitative estimate of drug-likeness (QED) is 0.929.